The molecule has 0 saturated carbocycles. The van der Waals surface area contributed by atoms with Crippen molar-refractivity contribution in [2.24, 2.45) is 5.41 Å². The van der Waals surface area contributed by atoms with Crippen LogP contribution in [0.15, 0.2) is 0 Å². The summed E-state index contributed by atoms with van der Waals surface area (Å²) in [5.74, 6) is 0. The standard InChI is InChI=1S/C14H26N4/c1-14(13-15)3-5-17(6-4-14)11-12-18-9-7-16(2)8-10-18/h3-12H2,1-2H3. The summed E-state index contributed by atoms with van der Waals surface area (Å²) < 4.78 is 0. The van der Waals surface area contributed by atoms with Gasteiger partial charge in [-0.1, -0.05) is 0 Å². The summed E-state index contributed by atoms with van der Waals surface area (Å²) in [5, 5.41) is 9.11. The molecule has 0 atom stereocenters. The molecule has 0 bridgehead atoms. The van der Waals surface area contributed by atoms with Crippen molar-refractivity contribution in [1.29, 1.82) is 5.26 Å². The van der Waals surface area contributed by atoms with Crippen LogP contribution in [-0.4, -0.2) is 74.1 Å². The van der Waals surface area contributed by atoms with E-state index in [0.717, 1.165) is 25.9 Å². The van der Waals surface area contributed by atoms with Crippen LogP contribution >= 0.6 is 0 Å². The molecule has 4 heteroatoms. The number of hydrogen-bond donors (Lipinski definition) is 0. The topological polar surface area (TPSA) is 33.5 Å². The molecule has 0 N–H and O–H groups in total. The predicted octanol–water partition coefficient (Wildman–Crippen LogP) is 0.859. The van der Waals surface area contributed by atoms with Gasteiger partial charge in [0.05, 0.1) is 11.5 Å². The van der Waals surface area contributed by atoms with E-state index in [1.807, 2.05) is 0 Å². The van der Waals surface area contributed by atoms with Crippen LogP contribution in [0.3, 0.4) is 0 Å². The van der Waals surface area contributed by atoms with Crippen molar-refractivity contribution in [2.75, 3.05) is 59.4 Å². The Morgan fingerprint density at radius 1 is 0.944 bits per heavy atom. The molecule has 0 aliphatic carbocycles. The molecule has 0 aromatic rings. The Kier molecular flexibility index (Phi) is 4.60. The molecule has 0 amide bonds. The van der Waals surface area contributed by atoms with Crippen LogP contribution in [0.25, 0.3) is 0 Å². The Morgan fingerprint density at radius 2 is 1.44 bits per heavy atom. The summed E-state index contributed by atoms with van der Waals surface area (Å²) in [6.07, 6.45) is 2.07. The van der Waals surface area contributed by atoms with Crippen molar-refractivity contribution in [2.45, 2.75) is 19.8 Å². The van der Waals surface area contributed by atoms with Crippen LogP contribution in [-0.2, 0) is 0 Å². The van der Waals surface area contributed by atoms with E-state index in [-0.39, 0.29) is 5.41 Å². The lowest BCUT2D eigenvalue weighted by Crippen LogP contribution is -2.48. The van der Waals surface area contributed by atoms with Crippen LogP contribution in [0.5, 0.6) is 0 Å². The summed E-state index contributed by atoms with van der Waals surface area (Å²) in [4.78, 5) is 7.49. The maximum Gasteiger partial charge on any atom is 0.0687 e. The average Bonchev–Trinajstić information content (AvgIpc) is 2.40. The molecule has 102 valence electrons. The van der Waals surface area contributed by atoms with Crippen molar-refractivity contribution < 1.29 is 0 Å². The minimum atomic E-state index is -0.0651. The number of likely N-dealkylation sites (N-methyl/N-ethyl adjacent to an activating group) is 1. The zero-order valence-electron chi connectivity index (χ0n) is 11.9. The summed E-state index contributed by atoms with van der Waals surface area (Å²) in [6, 6.07) is 2.47. The van der Waals surface area contributed by atoms with Gasteiger partial charge in [-0.2, -0.15) is 5.26 Å². The Balaban J connectivity index is 1.65. The highest BCUT2D eigenvalue weighted by molar-refractivity contribution is 4.98. The first kappa shape index (κ1) is 13.8. The first-order valence-corrected chi connectivity index (χ1v) is 7.16. The third kappa shape index (κ3) is 3.68. The highest BCUT2D eigenvalue weighted by atomic mass is 15.3. The number of likely N-dealkylation sites (tertiary alicyclic amines) is 1. The van der Waals surface area contributed by atoms with E-state index in [1.165, 1.54) is 39.3 Å². The molecule has 4 nitrogen and oxygen atoms in total. The van der Waals surface area contributed by atoms with Crippen LogP contribution in [0, 0.1) is 16.7 Å². The van der Waals surface area contributed by atoms with E-state index in [2.05, 4.69) is 34.7 Å². The molecular formula is C14H26N4. The fraction of sp³-hybridized carbons (Fsp3) is 0.929. The first-order chi connectivity index (χ1) is 8.61. The van der Waals surface area contributed by atoms with E-state index in [4.69, 9.17) is 5.26 Å². The van der Waals surface area contributed by atoms with Crippen molar-refractivity contribution >= 4 is 0 Å². The second kappa shape index (κ2) is 6.01. The fourth-order valence-corrected chi connectivity index (χ4v) is 2.74. The van der Waals surface area contributed by atoms with E-state index in [9.17, 15) is 0 Å². The van der Waals surface area contributed by atoms with Gasteiger partial charge in [-0.15, -0.1) is 0 Å². The van der Waals surface area contributed by atoms with Crippen LogP contribution in [0.4, 0.5) is 0 Å². The molecule has 0 unspecified atom stereocenters. The molecule has 2 heterocycles. The first-order valence-electron chi connectivity index (χ1n) is 7.16. The van der Waals surface area contributed by atoms with E-state index < -0.39 is 0 Å². The molecule has 2 aliphatic rings. The van der Waals surface area contributed by atoms with E-state index in [0.29, 0.717) is 0 Å². The Labute approximate surface area is 111 Å². The molecule has 2 saturated heterocycles. The summed E-state index contributed by atoms with van der Waals surface area (Å²) in [5.41, 5.74) is -0.0651. The quantitative estimate of drug-likeness (QED) is 0.744. The second-order valence-electron chi connectivity index (χ2n) is 6.16. The SMILES string of the molecule is CN1CCN(CCN2CCC(C)(C#N)CC2)CC1. The second-order valence-corrected chi connectivity index (χ2v) is 6.16. The van der Waals surface area contributed by atoms with Crippen LogP contribution in [0.2, 0.25) is 0 Å². The van der Waals surface area contributed by atoms with E-state index >= 15 is 0 Å². The zero-order chi connectivity index (χ0) is 13.0. The maximum absolute atomic E-state index is 9.11. The summed E-state index contributed by atoms with van der Waals surface area (Å²) >= 11 is 0. The third-order valence-corrected chi connectivity index (χ3v) is 4.56. The highest BCUT2D eigenvalue weighted by Crippen LogP contribution is 2.29. The van der Waals surface area contributed by atoms with Gasteiger partial charge >= 0.3 is 0 Å². The van der Waals surface area contributed by atoms with E-state index in [1.54, 1.807) is 0 Å². The number of rotatable bonds is 3. The van der Waals surface area contributed by atoms with Gasteiger partial charge in [0.1, 0.15) is 0 Å². The Hall–Kier alpha value is -0.630. The molecule has 2 aliphatic heterocycles. The largest absolute Gasteiger partial charge is 0.304 e. The number of nitriles is 1. The van der Waals surface area contributed by atoms with Gasteiger partial charge in [-0.3, -0.25) is 4.90 Å². The van der Waals surface area contributed by atoms with Gasteiger partial charge in [-0.25, -0.2) is 0 Å². The van der Waals surface area contributed by atoms with Gasteiger partial charge in [0.2, 0.25) is 0 Å². The molecule has 2 rings (SSSR count). The van der Waals surface area contributed by atoms with Crippen LogP contribution in [0.1, 0.15) is 19.8 Å². The van der Waals surface area contributed by atoms with Gasteiger partial charge < -0.3 is 9.80 Å². The van der Waals surface area contributed by atoms with Gasteiger partial charge in [-0.05, 0) is 39.9 Å². The molecular weight excluding hydrogens is 224 g/mol. The number of piperazine rings is 1. The minimum Gasteiger partial charge on any atom is -0.304 e. The van der Waals surface area contributed by atoms with Crippen molar-refractivity contribution in [3.05, 3.63) is 0 Å². The molecule has 0 aromatic carbocycles. The zero-order valence-corrected chi connectivity index (χ0v) is 11.9. The monoisotopic (exact) mass is 250 g/mol. The molecule has 0 radical (unpaired) electrons. The predicted molar refractivity (Wildman–Crippen MR) is 73.3 cm³/mol. The molecule has 0 aromatic heterocycles. The number of piperidine rings is 1. The molecule has 2 fully saturated rings. The lowest BCUT2D eigenvalue weighted by atomic mass is 9.82. The number of hydrogen-bond acceptors (Lipinski definition) is 4. The third-order valence-electron chi connectivity index (χ3n) is 4.56. The highest BCUT2D eigenvalue weighted by Gasteiger charge is 2.29. The van der Waals surface area contributed by atoms with Crippen LogP contribution < -0.4 is 0 Å². The minimum absolute atomic E-state index is 0.0651. The lowest BCUT2D eigenvalue weighted by molar-refractivity contribution is 0.111. The van der Waals surface area contributed by atoms with Gasteiger partial charge in [0.15, 0.2) is 0 Å². The fourth-order valence-electron chi connectivity index (χ4n) is 2.74. The molecule has 0 spiro atoms. The lowest BCUT2D eigenvalue weighted by Gasteiger charge is -2.37. The Bertz CT molecular complexity index is 293. The Morgan fingerprint density at radius 3 is 1.94 bits per heavy atom. The summed E-state index contributed by atoms with van der Waals surface area (Å²) in [7, 11) is 2.20. The van der Waals surface area contributed by atoms with Crippen molar-refractivity contribution in [3.8, 4) is 6.07 Å². The van der Waals surface area contributed by atoms with Gasteiger partial charge in [0.25, 0.3) is 0 Å². The summed E-state index contributed by atoms with van der Waals surface area (Å²) in [6.45, 7) is 11.5. The smallest absolute Gasteiger partial charge is 0.0687 e. The maximum atomic E-state index is 9.11. The average molecular weight is 250 g/mol. The normalized spacial score (nSPS) is 26.9. The van der Waals surface area contributed by atoms with Crippen molar-refractivity contribution in [3.63, 3.8) is 0 Å². The molecule has 18 heavy (non-hydrogen) atoms. The van der Waals surface area contributed by atoms with Gasteiger partial charge in [0, 0.05) is 39.3 Å². The van der Waals surface area contributed by atoms with Crippen molar-refractivity contribution in [1.82, 2.24) is 14.7 Å². The number of nitrogens with zero attached hydrogens (tertiary/aromatic N) is 4.